The normalized spacial score (nSPS) is 15.0. The monoisotopic (exact) mass is 343 g/mol. The summed E-state index contributed by atoms with van der Waals surface area (Å²) >= 11 is 0. The lowest BCUT2D eigenvalue weighted by atomic mass is 10.0. The Labute approximate surface area is 143 Å². The van der Waals surface area contributed by atoms with Crippen molar-refractivity contribution in [1.29, 1.82) is 0 Å². The third kappa shape index (κ3) is 3.85. The van der Waals surface area contributed by atoms with Crippen molar-refractivity contribution in [2.75, 3.05) is 13.1 Å². The number of aromatic nitrogens is 1. The van der Waals surface area contributed by atoms with Gasteiger partial charge < -0.3 is 19.7 Å². The van der Waals surface area contributed by atoms with Gasteiger partial charge in [-0.2, -0.15) is 0 Å². The van der Waals surface area contributed by atoms with Crippen LogP contribution < -0.4 is 5.32 Å². The number of furan rings is 1. The van der Waals surface area contributed by atoms with Crippen molar-refractivity contribution in [3.8, 4) is 0 Å². The maximum atomic E-state index is 12.2. The summed E-state index contributed by atoms with van der Waals surface area (Å²) in [5, 5.41) is 11.7. The molecule has 25 heavy (non-hydrogen) atoms. The molecule has 0 aromatic carbocycles. The number of nitrogens with one attached hydrogen (secondary N) is 1. The number of carbonyl (C=O) groups excluding carboxylic acids is 2. The van der Waals surface area contributed by atoms with Crippen molar-refractivity contribution >= 4 is 17.8 Å². The molecule has 2 aromatic rings. The molecule has 8 heteroatoms. The van der Waals surface area contributed by atoms with E-state index in [-0.39, 0.29) is 23.6 Å². The van der Waals surface area contributed by atoms with E-state index >= 15 is 0 Å². The molecule has 0 aliphatic carbocycles. The van der Waals surface area contributed by atoms with Crippen LogP contribution >= 0.6 is 0 Å². The fourth-order valence-electron chi connectivity index (χ4n) is 2.71. The first-order chi connectivity index (χ1) is 12.0. The second-order valence-corrected chi connectivity index (χ2v) is 5.75. The molecule has 3 heterocycles. The molecule has 0 saturated carbocycles. The number of carbonyl (C=O) groups is 3. The molecule has 1 saturated heterocycles. The van der Waals surface area contributed by atoms with Crippen LogP contribution in [0.4, 0.5) is 0 Å². The number of hydrogen-bond acceptors (Lipinski definition) is 5. The lowest BCUT2D eigenvalue weighted by Crippen LogP contribution is -2.46. The van der Waals surface area contributed by atoms with E-state index in [4.69, 9.17) is 9.52 Å². The zero-order chi connectivity index (χ0) is 17.8. The highest BCUT2D eigenvalue weighted by molar-refractivity contribution is 5.95. The number of amides is 2. The van der Waals surface area contributed by atoms with Crippen LogP contribution in [0.25, 0.3) is 0 Å². The Morgan fingerprint density at radius 1 is 1.20 bits per heavy atom. The van der Waals surface area contributed by atoms with Gasteiger partial charge in [0, 0.05) is 25.3 Å². The number of carboxylic acids is 1. The molecular formula is C17H17N3O5. The van der Waals surface area contributed by atoms with E-state index in [1.54, 1.807) is 17.0 Å². The van der Waals surface area contributed by atoms with Gasteiger partial charge in [-0.25, -0.2) is 9.78 Å². The van der Waals surface area contributed by atoms with Crippen LogP contribution in [0.2, 0.25) is 0 Å². The molecular weight excluding hydrogens is 326 g/mol. The first-order valence-corrected chi connectivity index (χ1v) is 7.87. The third-order valence-corrected chi connectivity index (χ3v) is 4.09. The highest BCUT2D eigenvalue weighted by Crippen LogP contribution is 2.15. The minimum absolute atomic E-state index is 0.0488. The minimum Gasteiger partial charge on any atom is -0.477 e. The van der Waals surface area contributed by atoms with Crippen LogP contribution in [0, 0.1) is 0 Å². The molecule has 3 rings (SSSR count). The van der Waals surface area contributed by atoms with Crippen molar-refractivity contribution in [2.24, 2.45) is 0 Å². The summed E-state index contributed by atoms with van der Waals surface area (Å²) in [6, 6.07) is 5.98. The quantitative estimate of drug-likeness (QED) is 0.868. The van der Waals surface area contributed by atoms with E-state index in [0.717, 1.165) is 0 Å². The van der Waals surface area contributed by atoms with Crippen molar-refractivity contribution in [3.05, 3.63) is 53.7 Å². The van der Waals surface area contributed by atoms with Gasteiger partial charge in [-0.1, -0.05) is 0 Å². The lowest BCUT2D eigenvalue weighted by molar-refractivity contribution is 0.0662. The predicted octanol–water partition coefficient (Wildman–Crippen LogP) is 1.41. The molecule has 2 amide bonds. The summed E-state index contributed by atoms with van der Waals surface area (Å²) in [4.78, 5) is 40.6. The van der Waals surface area contributed by atoms with Gasteiger partial charge in [0.1, 0.15) is 5.69 Å². The fraction of sp³-hybridized carbons (Fsp3) is 0.294. The van der Waals surface area contributed by atoms with E-state index in [2.05, 4.69) is 10.3 Å². The van der Waals surface area contributed by atoms with Crippen molar-refractivity contribution < 1.29 is 23.9 Å². The highest BCUT2D eigenvalue weighted by Gasteiger charge is 2.26. The molecule has 0 unspecified atom stereocenters. The Hall–Kier alpha value is -3.16. The third-order valence-electron chi connectivity index (χ3n) is 4.09. The van der Waals surface area contributed by atoms with E-state index < -0.39 is 5.97 Å². The Bertz CT molecular complexity index is 762. The van der Waals surface area contributed by atoms with E-state index in [0.29, 0.717) is 37.3 Å². The van der Waals surface area contributed by atoms with E-state index in [9.17, 15) is 14.4 Å². The van der Waals surface area contributed by atoms with Crippen LogP contribution in [0.5, 0.6) is 0 Å². The maximum Gasteiger partial charge on any atom is 0.354 e. The molecule has 2 aromatic heterocycles. The predicted molar refractivity (Wildman–Crippen MR) is 86.3 cm³/mol. The molecule has 0 spiro atoms. The Balaban J connectivity index is 1.52. The minimum atomic E-state index is -1.14. The summed E-state index contributed by atoms with van der Waals surface area (Å²) in [6.07, 6.45) is 3.98. The average Bonchev–Trinajstić information content (AvgIpc) is 3.16. The molecule has 8 nitrogen and oxygen atoms in total. The molecule has 0 radical (unpaired) electrons. The second-order valence-electron chi connectivity index (χ2n) is 5.75. The zero-order valence-electron chi connectivity index (χ0n) is 13.3. The van der Waals surface area contributed by atoms with Crippen LogP contribution in [-0.4, -0.2) is 51.9 Å². The van der Waals surface area contributed by atoms with Gasteiger partial charge in [0.05, 0.1) is 11.8 Å². The number of carboxylic acid groups (broad SMARTS) is 1. The SMILES string of the molecule is O=C(NC1CCN(C(=O)c2ccco2)CC1)c1ccc(C(=O)O)nc1. The number of piperidine rings is 1. The van der Waals surface area contributed by atoms with Gasteiger partial charge in [-0.3, -0.25) is 9.59 Å². The number of nitrogens with zero attached hydrogens (tertiary/aromatic N) is 2. The largest absolute Gasteiger partial charge is 0.477 e. The fourth-order valence-corrected chi connectivity index (χ4v) is 2.71. The highest BCUT2D eigenvalue weighted by atomic mass is 16.4. The van der Waals surface area contributed by atoms with Gasteiger partial charge in [0.25, 0.3) is 11.8 Å². The van der Waals surface area contributed by atoms with Gasteiger partial charge in [0.2, 0.25) is 0 Å². The number of pyridine rings is 1. The lowest BCUT2D eigenvalue weighted by Gasteiger charge is -2.31. The van der Waals surface area contributed by atoms with Gasteiger partial charge in [-0.15, -0.1) is 0 Å². The maximum absolute atomic E-state index is 12.2. The average molecular weight is 343 g/mol. The molecule has 1 fully saturated rings. The second kappa shape index (κ2) is 7.16. The van der Waals surface area contributed by atoms with Crippen LogP contribution in [0.3, 0.4) is 0 Å². The summed E-state index contributed by atoms with van der Waals surface area (Å²) in [5.74, 6) is -1.28. The van der Waals surface area contributed by atoms with Crippen molar-refractivity contribution in [1.82, 2.24) is 15.2 Å². The topological polar surface area (TPSA) is 113 Å². The molecule has 130 valence electrons. The summed E-state index contributed by atoms with van der Waals surface area (Å²) in [5.41, 5.74) is 0.195. The molecule has 1 aliphatic heterocycles. The number of likely N-dealkylation sites (tertiary alicyclic amines) is 1. The number of aromatic carboxylic acids is 1. The Morgan fingerprint density at radius 2 is 1.96 bits per heavy atom. The summed E-state index contributed by atoms with van der Waals surface area (Å²) in [6.45, 7) is 1.06. The first-order valence-electron chi connectivity index (χ1n) is 7.87. The molecule has 0 atom stereocenters. The van der Waals surface area contributed by atoms with E-state index in [1.807, 2.05) is 0 Å². The molecule has 2 N–H and O–H groups in total. The number of rotatable bonds is 4. The van der Waals surface area contributed by atoms with Crippen molar-refractivity contribution in [3.63, 3.8) is 0 Å². The van der Waals surface area contributed by atoms with E-state index in [1.165, 1.54) is 24.6 Å². The number of hydrogen-bond donors (Lipinski definition) is 2. The van der Waals surface area contributed by atoms with Gasteiger partial charge in [-0.05, 0) is 37.1 Å². The summed E-state index contributed by atoms with van der Waals surface area (Å²) in [7, 11) is 0. The smallest absolute Gasteiger partial charge is 0.354 e. The zero-order valence-corrected chi connectivity index (χ0v) is 13.3. The molecule has 1 aliphatic rings. The molecule has 0 bridgehead atoms. The standard InChI is InChI=1S/C17H17N3O5/c21-15(11-3-4-13(17(23)24)18-10-11)19-12-5-7-20(8-6-12)16(22)14-2-1-9-25-14/h1-4,9-10,12H,5-8H2,(H,19,21)(H,23,24). The first kappa shape index (κ1) is 16.7. The van der Waals surface area contributed by atoms with Crippen LogP contribution in [0.1, 0.15) is 44.2 Å². The van der Waals surface area contributed by atoms with Crippen LogP contribution in [-0.2, 0) is 0 Å². The van der Waals surface area contributed by atoms with Gasteiger partial charge in [0.15, 0.2) is 5.76 Å². The van der Waals surface area contributed by atoms with Crippen LogP contribution in [0.15, 0.2) is 41.1 Å². The Morgan fingerprint density at radius 3 is 2.52 bits per heavy atom. The van der Waals surface area contributed by atoms with Crippen molar-refractivity contribution in [2.45, 2.75) is 18.9 Å². The summed E-state index contributed by atoms with van der Waals surface area (Å²) < 4.78 is 5.11. The Kier molecular flexibility index (Phi) is 4.78. The van der Waals surface area contributed by atoms with Gasteiger partial charge >= 0.3 is 5.97 Å².